The van der Waals surface area contributed by atoms with E-state index >= 15 is 0 Å². The van der Waals surface area contributed by atoms with Gasteiger partial charge < -0.3 is 0 Å². The number of likely N-dealkylation sites (tertiary alicyclic amines) is 1. The molecule has 1 aliphatic heterocycles. The van der Waals surface area contributed by atoms with Crippen molar-refractivity contribution in [2.45, 2.75) is 19.8 Å². The van der Waals surface area contributed by atoms with Crippen LogP contribution in [0.1, 0.15) is 13.8 Å². The fourth-order valence-electron chi connectivity index (χ4n) is 0.886. The second kappa shape index (κ2) is 4.59. The molecule has 1 aliphatic rings. The highest BCUT2D eigenvalue weighted by molar-refractivity contribution is 4.86. The highest BCUT2D eigenvalue weighted by Gasteiger charge is 2.43. The molecule has 1 fully saturated rings. The Kier molecular flexibility index (Phi) is 4.49. The van der Waals surface area contributed by atoms with Gasteiger partial charge in [-0.3, -0.25) is 4.90 Å². The van der Waals surface area contributed by atoms with E-state index in [1.54, 1.807) is 0 Å². The molecule has 0 unspecified atom stereocenters. The van der Waals surface area contributed by atoms with Crippen LogP contribution in [0.3, 0.4) is 0 Å². The van der Waals surface area contributed by atoms with E-state index in [0.29, 0.717) is 0 Å². The molecule has 1 rings (SSSR count). The van der Waals surface area contributed by atoms with Gasteiger partial charge in [-0.15, -0.1) is 0 Å². The number of alkyl halides is 3. The lowest BCUT2D eigenvalue weighted by Gasteiger charge is -2.37. The van der Waals surface area contributed by atoms with Crippen LogP contribution in [0.25, 0.3) is 0 Å². The Hall–Kier alpha value is -0.250. The molecule has 1 saturated heterocycles. The van der Waals surface area contributed by atoms with Crippen molar-refractivity contribution in [3.05, 3.63) is 0 Å². The summed E-state index contributed by atoms with van der Waals surface area (Å²) in [5.74, 6) is -2.55. The zero-order chi connectivity index (χ0) is 8.91. The molecule has 11 heavy (non-hydrogen) atoms. The Morgan fingerprint density at radius 1 is 1.27 bits per heavy atom. The zero-order valence-corrected chi connectivity index (χ0v) is 6.91. The molecule has 4 heteroatoms. The Morgan fingerprint density at radius 3 is 2.00 bits per heavy atom. The molecule has 0 spiro atoms. The lowest BCUT2D eigenvalue weighted by molar-refractivity contribution is -0.131. The van der Waals surface area contributed by atoms with Crippen LogP contribution in [0.5, 0.6) is 0 Å². The highest BCUT2D eigenvalue weighted by Crippen LogP contribution is 2.25. The van der Waals surface area contributed by atoms with Crippen LogP contribution in [-0.4, -0.2) is 37.1 Å². The van der Waals surface area contributed by atoms with Crippen LogP contribution in [-0.2, 0) is 0 Å². The van der Waals surface area contributed by atoms with Crippen molar-refractivity contribution in [3.63, 3.8) is 0 Å². The van der Waals surface area contributed by atoms with Gasteiger partial charge in [-0.25, -0.2) is 13.2 Å². The van der Waals surface area contributed by atoms with E-state index in [0.717, 1.165) is 0 Å². The van der Waals surface area contributed by atoms with Gasteiger partial charge in [-0.05, 0) is 0 Å². The number of hydrogen-bond donors (Lipinski definition) is 0. The van der Waals surface area contributed by atoms with Crippen molar-refractivity contribution in [3.8, 4) is 0 Å². The highest BCUT2D eigenvalue weighted by atomic mass is 19.3. The molecule has 68 valence electrons. The summed E-state index contributed by atoms with van der Waals surface area (Å²) in [5.41, 5.74) is 0. The number of halogens is 3. The van der Waals surface area contributed by atoms with Gasteiger partial charge in [0.1, 0.15) is 6.67 Å². The van der Waals surface area contributed by atoms with Gasteiger partial charge in [0.25, 0.3) is 5.92 Å². The maximum Gasteiger partial charge on any atom is 0.272 e. The Balaban J connectivity index is 0.000000461. The van der Waals surface area contributed by atoms with E-state index < -0.39 is 12.6 Å². The van der Waals surface area contributed by atoms with Crippen LogP contribution in [0.15, 0.2) is 0 Å². The lowest BCUT2D eigenvalue weighted by atomic mass is 10.1. The van der Waals surface area contributed by atoms with E-state index in [2.05, 4.69) is 0 Å². The lowest BCUT2D eigenvalue weighted by Crippen LogP contribution is -2.56. The SMILES string of the molecule is CC.FCCN1CC(F)(F)C1. The largest absolute Gasteiger partial charge is 0.289 e. The average Bonchev–Trinajstić information content (AvgIpc) is 1.89. The number of hydrogen-bond acceptors (Lipinski definition) is 1. The molecule has 0 aromatic rings. The first-order valence-corrected chi connectivity index (χ1v) is 3.80. The molecular weight excluding hydrogens is 155 g/mol. The quantitative estimate of drug-likeness (QED) is 0.610. The molecule has 0 N–H and O–H groups in total. The van der Waals surface area contributed by atoms with Crippen LogP contribution in [0.2, 0.25) is 0 Å². The van der Waals surface area contributed by atoms with Gasteiger partial charge in [0.15, 0.2) is 0 Å². The molecule has 0 amide bonds. The second-order valence-corrected chi connectivity index (χ2v) is 2.26. The molecule has 0 atom stereocenters. The van der Waals surface area contributed by atoms with E-state index in [1.807, 2.05) is 13.8 Å². The summed E-state index contributed by atoms with van der Waals surface area (Å²) < 4.78 is 35.3. The number of rotatable bonds is 2. The van der Waals surface area contributed by atoms with E-state index in [9.17, 15) is 13.2 Å². The fourth-order valence-corrected chi connectivity index (χ4v) is 0.886. The summed E-state index contributed by atoms with van der Waals surface area (Å²) >= 11 is 0. The summed E-state index contributed by atoms with van der Waals surface area (Å²) in [4.78, 5) is 1.39. The molecule has 0 saturated carbocycles. The van der Waals surface area contributed by atoms with Crippen molar-refractivity contribution in [1.29, 1.82) is 0 Å². The van der Waals surface area contributed by atoms with Crippen molar-refractivity contribution >= 4 is 0 Å². The van der Waals surface area contributed by atoms with E-state index in [4.69, 9.17) is 0 Å². The molecular formula is C7H14F3N. The minimum absolute atomic E-state index is 0.148. The first kappa shape index (κ1) is 10.8. The Morgan fingerprint density at radius 2 is 1.73 bits per heavy atom. The van der Waals surface area contributed by atoms with Crippen molar-refractivity contribution in [2.75, 3.05) is 26.3 Å². The molecule has 1 nitrogen and oxygen atoms in total. The molecule has 0 bridgehead atoms. The minimum Gasteiger partial charge on any atom is -0.289 e. The Labute approximate surface area is 65.2 Å². The smallest absolute Gasteiger partial charge is 0.272 e. The topological polar surface area (TPSA) is 3.24 Å². The van der Waals surface area contributed by atoms with Crippen molar-refractivity contribution < 1.29 is 13.2 Å². The van der Waals surface area contributed by atoms with Gasteiger partial charge in [-0.1, -0.05) is 13.8 Å². The maximum absolute atomic E-state index is 11.9. The van der Waals surface area contributed by atoms with Gasteiger partial charge in [0.2, 0.25) is 0 Å². The average molecular weight is 169 g/mol. The summed E-state index contributed by atoms with van der Waals surface area (Å²) in [6.07, 6.45) is 0. The van der Waals surface area contributed by atoms with Crippen molar-refractivity contribution in [2.24, 2.45) is 0 Å². The molecule has 0 radical (unpaired) electrons. The van der Waals surface area contributed by atoms with E-state index in [1.165, 1.54) is 4.90 Å². The van der Waals surface area contributed by atoms with Crippen LogP contribution < -0.4 is 0 Å². The molecule has 0 aromatic carbocycles. The monoisotopic (exact) mass is 169 g/mol. The first-order valence-electron chi connectivity index (χ1n) is 3.80. The molecule has 0 aromatic heterocycles. The number of nitrogens with zero attached hydrogens (tertiary/aromatic N) is 1. The first-order chi connectivity index (χ1) is 5.14. The summed E-state index contributed by atoms with van der Waals surface area (Å²) in [6, 6.07) is 0. The molecule has 1 heterocycles. The normalized spacial score (nSPS) is 21.5. The molecule has 0 aliphatic carbocycles. The fraction of sp³-hybridized carbons (Fsp3) is 1.00. The van der Waals surface area contributed by atoms with Gasteiger partial charge in [0, 0.05) is 6.54 Å². The van der Waals surface area contributed by atoms with Crippen LogP contribution in [0.4, 0.5) is 13.2 Å². The third-order valence-corrected chi connectivity index (χ3v) is 1.31. The standard InChI is InChI=1S/C5H8F3N.C2H6/c6-1-2-9-3-5(7,8)4-9;1-2/h1-4H2;1-2H3. The van der Waals surface area contributed by atoms with Gasteiger partial charge in [-0.2, -0.15) is 0 Å². The summed E-state index contributed by atoms with van der Waals surface area (Å²) in [5, 5.41) is 0. The second-order valence-electron chi connectivity index (χ2n) is 2.26. The minimum atomic E-state index is -2.55. The predicted molar refractivity (Wildman–Crippen MR) is 38.7 cm³/mol. The third-order valence-electron chi connectivity index (χ3n) is 1.31. The Bertz CT molecular complexity index is 97.9. The van der Waals surface area contributed by atoms with Crippen molar-refractivity contribution in [1.82, 2.24) is 4.90 Å². The maximum atomic E-state index is 11.9. The summed E-state index contributed by atoms with van der Waals surface area (Å²) in [6.45, 7) is 3.08. The zero-order valence-electron chi connectivity index (χ0n) is 6.91. The summed E-state index contributed by atoms with van der Waals surface area (Å²) in [7, 11) is 0. The predicted octanol–water partition coefficient (Wildman–Crippen LogP) is 1.93. The van der Waals surface area contributed by atoms with Gasteiger partial charge in [0.05, 0.1) is 13.1 Å². The third kappa shape index (κ3) is 3.60. The van der Waals surface area contributed by atoms with Crippen LogP contribution >= 0.6 is 0 Å². The van der Waals surface area contributed by atoms with Crippen LogP contribution in [0, 0.1) is 0 Å². The van der Waals surface area contributed by atoms with E-state index in [-0.39, 0.29) is 19.6 Å². The van der Waals surface area contributed by atoms with Gasteiger partial charge >= 0.3 is 0 Å².